The van der Waals surface area contributed by atoms with Gasteiger partial charge in [-0.1, -0.05) is 13.8 Å². The number of nitrogens with zero attached hydrogens (tertiary/aromatic N) is 1. The van der Waals surface area contributed by atoms with Gasteiger partial charge in [-0.2, -0.15) is 0 Å². The average Bonchev–Trinajstić information content (AvgIpc) is 2.68. The zero-order valence-electron chi connectivity index (χ0n) is 8.42. The third-order valence-corrected chi connectivity index (χ3v) is 3.72. The van der Waals surface area contributed by atoms with Gasteiger partial charge >= 0.3 is 5.91 Å². The Morgan fingerprint density at radius 1 is 1.25 bits per heavy atom. The number of amides is 1. The first-order valence-electron chi connectivity index (χ1n) is 4.88. The SMILES string of the molecule is CC(C)C(=O)[N+]12CC1(C(C)C)C2. The van der Waals surface area contributed by atoms with Crippen LogP contribution in [0.2, 0.25) is 0 Å². The topological polar surface area (TPSA) is 17.1 Å². The molecule has 0 aromatic heterocycles. The number of hydrogen-bond donors (Lipinski definition) is 0. The molecule has 0 aliphatic carbocycles. The predicted octanol–water partition coefficient (Wildman–Crippen LogP) is 1.41. The van der Waals surface area contributed by atoms with Crippen molar-refractivity contribution in [2.24, 2.45) is 11.8 Å². The van der Waals surface area contributed by atoms with E-state index in [0.717, 1.165) is 17.6 Å². The van der Waals surface area contributed by atoms with Gasteiger partial charge in [0, 0.05) is 5.92 Å². The van der Waals surface area contributed by atoms with Gasteiger partial charge in [0.2, 0.25) is 5.54 Å². The maximum Gasteiger partial charge on any atom is 0.317 e. The molecule has 0 atom stereocenters. The van der Waals surface area contributed by atoms with Crippen LogP contribution in [0.15, 0.2) is 0 Å². The van der Waals surface area contributed by atoms with E-state index < -0.39 is 0 Å². The molecule has 0 aromatic carbocycles. The normalized spacial score (nSPS) is 43.2. The first-order valence-corrected chi connectivity index (χ1v) is 4.88. The van der Waals surface area contributed by atoms with Gasteiger partial charge in [0.25, 0.3) is 0 Å². The summed E-state index contributed by atoms with van der Waals surface area (Å²) in [6, 6.07) is 0. The van der Waals surface area contributed by atoms with Gasteiger partial charge in [0.05, 0.1) is 5.92 Å². The summed E-state index contributed by atoms with van der Waals surface area (Å²) in [5.41, 5.74) is 0.404. The van der Waals surface area contributed by atoms with Crippen molar-refractivity contribution in [2.75, 3.05) is 13.1 Å². The van der Waals surface area contributed by atoms with Crippen LogP contribution in [0, 0.1) is 11.8 Å². The van der Waals surface area contributed by atoms with Gasteiger partial charge in [0.15, 0.2) is 0 Å². The molecule has 2 fully saturated rings. The van der Waals surface area contributed by atoms with Crippen molar-refractivity contribution in [1.29, 1.82) is 0 Å². The van der Waals surface area contributed by atoms with E-state index in [2.05, 4.69) is 13.8 Å². The summed E-state index contributed by atoms with van der Waals surface area (Å²) in [5, 5.41) is 0. The largest absolute Gasteiger partial charge is 0.317 e. The molecule has 0 bridgehead atoms. The van der Waals surface area contributed by atoms with Gasteiger partial charge in [-0.05, 0) is 13.8 Å². The van der Waals surface area contributed by atoms with Crippen LogP contribution >= 0.6 is 0 Å². The lowest BCUT2D eigenvalue weighted by atomic mass is 10.0. The summed E-state index contributed by atoms with van der Waals surface area (Å²) in [7, 11) is 0. The summed E-state index contributed by atoms with van der Waals surface area (Å²) in [6.45, 7) is 10.7. The Labute approximate surface area is 74.1 Å². The number of carbonyl (C=O) groups excluding carboxylic acids is 1. The second-order valence-corrected chi connectivity index (χ2v) is 5.04. The average molecular weight is 168 g/mol. The number of rotatable bonds is 2. The van der Waals surface area contributed by atoms with Crippen molar-refractivity contribution >= 4 is 5.91 Å². The molecule has 0 aromatic rings. The maximum atomic E-state index is 11.8. The van der Waals surface area contributed by atoms with E-state index in [1.807, 2.05) is 13.8 Å². The Kier molecular flexibility index (Phi) is 1.32. The smallest absolute Gasteiger partial charge is 0.235 e. The van der Waals surface area contributed by atoms with E-state index in [4.69, 9.17) is 0 Å². The Morgan fingerprint density at radius 3 is 2.00 bits per heavy atom. The highest BCUT2D eigenvalue weighted by Gasteiger charge is 2.92. The Morgan fingerprint density at radius 2 is 1.75 bits per heavy atom. The molecule has 0 radical (unpaired) electrons. The van der Waals surface area contributed by atoms with Crippen LogP contribution in [0.1, 0.15) is 27.7 Å². The minimum atomic E-state index is 0.216. The maximum absolute atomic E-state index is 11.8. The van der Waals surface area contributed by atoms with Crippen LogP contribution in [0.25, 0.3) is 0 Å². The third kappa shape index (κ3) is 0.674. The van der Waals surface area contributed by atoms with Crippen LogP contribution in [0.5, 0.6) is 0 Å². The summed E-state index contributed by atoms with van der Waals surface area (Å²) in [5.74, 6) is 1.36. The molecule has 2 nitrogen and oxygen atoms in total. The zero-order valence-corrected chi connectivity index (χ0v) is 8.42. The number of carbonyl (C=O) groups is 1. The van der Waals surface area contributed by atoms with Crippen molar-refractivity contribution in [2.45, 2.75) is 33.2 Å². The molecular formula is C10H18NO+. The highest BCUT2D eigenvalue weighted by molar-refractivity contribution is 5.76. The molecule has 1 amide bonds. The highest BCUT2D eigenvalue weighted by atomic mass is 16.2. The molecule has 2 aliphatic rings. The van der Waals surface area contributed by atoms with E-state index in [1.165, 1.54) is 0 Å². The predicted molar refractivity (Wildman–Crippen MR) is 47.4 cm³/mol. The number of quaternary nitrogens is 1. The van der Waals surface area contributed by atoms with Crippen molar-refractivity contribution in [3.05, 3.63) is 0 Å². The van der Waals surface area contributed by atoms with Crippen molar-refractivity contribution in [3.8, 4) is 0 Å². The van der Waals surface area contributed by atoms with E-state index in [1.54, 1.807) is 0 Å². The molecule has 0 saturated carbocycles. The van der Waals surface area contributed by atoms with E-state index in [0.29, 0.717) is 17.4 Å². The van der Waals surface area contributed by atoms with Crippen molar-refractivity contribution in [3.63, 3.8) is 0 Å². The minimum Gasteiger partial charge on any atom is -0.235 e. The number of hydrogen-bond acceptors (Lipinski definition) is 1. The van der Waals surface area contributed by atoms with Gasteiger partial charge < -0.3 is 0 Å². The molecule has 2 heterocycles. The molecule has 0 spiro atoms. The fourth-order valence-electron chi connectivity index (χ4n) is 2.55. The Bertz CT molecular complexity index is 236. The van der Waals surface area contributed by atoms with Gasteiger partial charge in [0.1, 0.15) is 13.1 Å². The molecule has 2 aliphatic heterocycles. The first kappa shape index (κ1) is 8.24. The molecule has 0 unspecified atom stereocenters. The molecule has 2 heteroatoms. The van der Waals surface area contributed by atoms with E-state index in [-0.39, 0.29) is 5.92 Å². The lowest BCUT2D eigenvalue weighted by molar-refractivity contribution is -0.627. The molecule has 2 saturated heterocycles. The van der Waals surface area contributed by atoms with Crippen LogP contribution in [-0.2, 0) is 4.79 Å². The van der Waals surface area contributed by atoms with E-state index in [9.17, 15) is 4.79 Å². The molecular weight excluding hydrogens is 150 g/mol. The first-order chi connectivity index (χ1) is 5.46. The minimum absolute atomic E-state index is 0.216. The van der Waals surface area contributed by atoms with Crippen LogP contribution < -0.4 is 0 Å². The fraction of sp³-hybridized carbons (Fsp3) is 0.900. The molecule has 68 valence electrons. The van der Waals surface area contributed by atoms with Crippen LogP contribution in [-0.4, -0.2) is 29.0 Å². The van der Waals surface area contributed by atoms with Crippen molar-refractivity contribution in [1.82, 2.24) is 0 Å². The van der Waals surface area contributed by atoms with Gasteiger partial charge in [-0.3, -0.25) is 0 Å². The molecule has 2 rings (SSSR count). The quantitative estimate of drug-likeness (QED) is 0.450. The second-order valence-electron chi connectivity index (χ2n) is 5.04. The standard InChI is InChI=1S/C10H18NO/c1-7(2)9(12)11-5-10(11,6-11)8(3)4/h7-8H,5-6H2,1-4H3/q+1. The Hall–Kier alpha value is -0.370. The fourth-order valence-corrected chi connectivity index (χ4v) is 2.55. The van der Waals surface area contributed by atoms with Gasteiger partial charge in [-0.15, -0.1) is 0 Å². The highest BCUT2D eigenvalue weighted by Crippen LogP contribution is 2.64. The lowest BCUT2D eigenvalue weighted by Crippen LogP contribution is -2.26. The monoisotopic (exact) mass is 168 g/mol. The van der Waals surface area contributed by atoms with E-state index >= 15 is 0 Å². The molecule has 0 N–H and O–H groups in total. The molecule has 12 heavy (non-hydrogen) atoms. The zero-order chi connectivity index (χ0) is 9.15. The summed E-state index contributed by atoms with van der Waals surface area (Å²) >= 11 is 0. The lowest BCUT2D eigenvalue weighted by Gasteiger charge is -2.03. The van der Waals surface area contributed by atoms with Crippen molar-refractivity contribution < 1.29 is 9.28 Å². The van der Waals surface area contributed by atoms with Gasteiger partial charge in [-0.25, -0.2) is 9.28 Å². The Balaban J connectivity index is 2.09. The summed E-state index contributed by atoms with van der Waals surface area (Å²) < 4.78 is 0.822. The summed E-state index contributed by atoms with van der Waals surface area (Å²) in [6.07, 6.45) is 0. The van der Waals surface area contributed by atoms with Crippen LogP contribution in [0.3, 0.4) is 0 Å². The number of fused-ring (bicyclic) bond motifs is 1. The third-order valence-electron chi connectivity index (χ3n) is 3.72. The summed E-state index contributed by atoms with van der Waals surface area (Å²) in [4.78, 5) is 11.8. The second kappa shape index (κ2) is 1.92. The van der Waals surface area contributed by atoms with Crippen LogP contribution in [0.4, 0.5) is 0 Å².